The van der Waals surface area contributed by atoms with E-state index in [-0.39, 0.29) is 0 Å². The van der Waals surface area contributed by atoms with Gasteiger partial charge in [-0.1, -0.05) is 30.3 Å². The standard InChI is InChI=1S/C17H21NO3/c1-19-16-9-4-5-10-17(16)21-12-6-11-20-15-8-3-2-7-14(15)13-18/h2-5,7-10H,6,11-13,18H2,1H3. The van der Waals surface area contributed by atoms with Crippen molar-refractivity contribution in [3.8, 4) is 17.2 Å². The van der Waals surface area contributed by atoms with Gasteiger partial charge in [-0.3, -0.25) is 0 Å². The van der Waals surface area contributed by atoms with Crippen LogP contribution >= 0.6 is 0 Å². The van der Waals surface area contributed by atoms with E-state index in [1.807, 2.05) is 48.5 Å². The van der Waals surface area contributed by atoms with E-state index in [1.54, 1.807) is 7.11 Å². The Labute approximate surface area is 125 Å². The van der Waals surface area contributed by atoms with Crippen molar-refractivity contribution in [3.05, 3.63) is 54.1 Å². The van der Waals surface area contributed by atoms with Gasteiger partial charge in [0.15, 0.2) is 11.5 Å². The maximum atomic E-state index is 5.73. The van der Waals surface area contributed by atoms with E-state index >= 15 is 0 Å². The van der Waals surface area contributed by atoms with Gasteiger partial charge >= 0.3 is 0 Å². The summed E-state index contributed by atoms with van der Waals surface area (Å²) >= 11 is 0. The molecule has 2 N–H and O–H groups in total. The molecule has 2 aromatic carbocycles. The Morgan fingerprint density at radius 2 is 1.38 bits per heavy atom. The van der Waals surface area contributed by atoms with Crippen LogP contribution in [-0.2, 0) is 6.54 Å². The molecule has 0 atom stereocenters. The Kier molecular flexibility index (Phi) is 5.91. The predicted octanol–water partition coefficient (Wildman–Crippen LogP) is 3.00. The molecule has 0 bridgehead atoms. The number of para-hydroxylation sites is 3. The Hall–Kier alpha value is -2.20. The summed E-state index contributed by atoms with van der Waals surface area (Å²) in [6.07, 6.45) is 0.789. The van der Waals surface area contributed by atoms with Gasteiger partial charge in [0.2, 0.25) is 0 Å². The zero-order valence-electron chi connectivity index (χ0n) is 12.2. The van der Waals surface area contributed by atoms with Crippen molar-refractivity contribution in [1.29, 1.82) is 0 Å². The molecule has 0 heterocycles. The highest BCUT2D eigenvalue weighted by Crippen LogP contribution is 2.25. The summed E-state index contributed by atoms with van der Waals surface area (Å²) in [5.41, 5.74) is 6.69. The Morgan fingerprint density at radius 1 is 0.810 bits per heavy atom. The number of methoxy groups -OCH3 is 1. The third kappa shape index (κ3) is 4.39. The van der Waals surface area contributed by atoms with Gasteiger partial charge in [-0.25, -0.2) is 0 Å². The minimum absolute atomic E-state index is 0.480. The fourth-order valence-corrected chi connectivity index (χ4v) is 1.97. The molecule has 0 saturated carbocycles. The summed E-state index contributed by atoms with van der Waals surface area (Å²) in [4.78, 5) is 0. The van der Waals surface area contributed by atoms with Crippen LogP contribution in [0.1, 0.15) is 12.0 Å². The number of nitrogens with two attached hydrogens (primary N) is 1. The van der Waals surface area contributed by atoms with E-state index in [1.165, 1.54) is 0 Å². The third-order valence-electron chi connectivity index (χ3n) is 3.07. The topological polar surface area (TPSA) is 53.7 Å². The second-order valence-electron chi connectivity index (χ2n) is 4.51. The molecule has 21 heavy (non-hydrogen) atoms. The molecule has 0 spiro atoms. The molecule has 4 nitrogen and oxygen atoms in total. The largest absolute Gasteiger partial charge is 0.493 e. The first-order chi connectivity index (χ1) is 10.3. The second-order valence-corrected chi connectivity index (χ2v) is 4.51. The van der Waals surface area contributed by atoms with E-state index in [0.29, 0.717) is 19.8 Å². The number of rotatable bonds is 8. The minimum Gasteiger partial charge on any atom is -0.493 e. The Morgan fingerprint density at radius 3 is 2.05 bits per heavy atom. The van der Waals surface area contributed by atoms with E-state index in [2.05, 4.69) is 0 Å². The summed E-state index contributed by atoms with van der Waals surface area (Å²) in [6, 6.07) is 15.4. The van der Waals surface area contributed by atoms with Gasteiger partial charge < -0.3 is 19.9 Å². The van der Waals surface area contributed by atoms with E-state index in [0.717, 1.165) is 29.2 Å². The molecule has 0 saturated heterocycles. The molecule has 112 valence electrons. The minimum atomic E-state index is 0.480. The maximum Gasteiger partial charge on any atom is 0.161 e. The summed E-state index contributed by atoms with van der Waals surface area (Å²) < 4.78 is 16.7. The molecule has 0 aliphatic carbocycles. The van der Waals surface area contributed by atoms with Crippen molar-refractivity contribution in [3.63, 3.8) is 0 Å². The SMILES string of the molecule is COc1ccccc1OCCCOc1ccccc1CN. The lowest BCUT2D eigenvalue weighted by molar-refractivity contribution is 0.239. The Bertz CT molecular complexity index is 508. The highest BCUT2D eigenvalue weighted by molar-refractivity contribution is 5.39. The molecule has 0 fully saturated rings. The predicted molar refractivity (Wildman–Crippen MR) is 82.9 cm³/mol. The van der Waals surface area contributed by atoms with E-state index < -0.39 is 0 Å². The van der Waals surface area contributed by atoms with Crippen molar-refractivity contribution in [2.75, 3.05) is 20.3 Å². The fraction of sp³-hybridized carbons (Fsp3) is 0.294. The lowest BCUT2D eigenvalue weighted by Crippen LogP contribution is -2.07. The lowest BCUT2D eigenvalue weighted by Gasteiger charge is -2.12. The van der Waals surface area contributed by atoms with Gasteiger partial charge in [0, 0.05) is 18.5 Å². The third-order valence-corrected chi connectivity index (χ3v) is 3.07. The zero-order chi connectivity index (χ0) is 14.9. The smallest absolute Gasteiger partial charge is 0.161 e. The van der Waals surface area contributed by atoms with Gasteiger partial charge in [-0.2, -0.15) is 0 Å². The van der Waals surface area contributed by atoms with Crippen molar-refractivity contribution in [2.45, 2.75) is 13.0 Å². The van der Waals surface area contributed by atoms with Gasteiger partial charge in [0.1, 0.15) is 5.75 Å². The molecule has 0 radical (unpaired) electrons. The van der Waals surface area contributed by atoms with Crippen LogP contribution in [0.5, 0.6) is 17.2 Å². The summed E-state index contributed by atoms with van der Waals surface area (Å²) in [5.74, 6) is 2.34. The summed E-state index contributed by atoms with van der Waals surface area (Å²) in [6.45, 7) is 1.64. The van der Waals surface area contributed by atoms with Crippen LogP contribution in [0, 0.1) is 0 Å². The lowest BCUT2D eigenvalue weighted by atomic mass is 10.2. The summed E-state index contributed by atoms with van der Waals surface area (Å²) in [7, 11) is 1.63. The number of benzene rings is 2. The number of hydrogen-bond donors (Lipinski definition) is 1. The monoisotopic (exact) mass is 287 g/mol. The molecule has 2 aromatic rings. The maximum absolute atomic E-state index is 5.73. The normalized spacial score (nSPS) is 10.2. The molecule has 2 rings (SSSR count). The Balaban J connectivity index is 1.75. The molecule has 0 aliphatic rings. The van der Waals surface area contributed by atoms with E-state index in [4.69, 9.17) is 19.9 Å². The average Bonchev–Trinajstić information content (AvgIpc) is 2.55. The highest BCUT2D eigenvalue weighted by atomic mass is 16.5. The van der Waals surface area contributed by atoms with Gasteiger partial charge in [0.05, 0.1) is 20.3 Å². The molecule has 0 amide bonds. The van der Waals surface area contributed by atoms with Gasteiger partial charge in [0.25, 0.3) is 0 Å². The molecule has 4 heteroatoms. The van der Waals surface area contributed by atoms with Crippen molar-refractivity contribution >= 4 is 0 Å². The van der Waals surface area contributed by atoms with Gasteiger partial charge in [-0.05, 0) is 18.2 Å². The number of ether oxygens (including phenoxy) is 3. The van der Waals surface area contributed by atoms with Crippen LogP contribution in [-0.4, -0.2) is 20.3 Å². The molecular weight excluding hydrogens is 266 g/mol. The fourth-order valence-electron chi connectivity index (χ4n) is 1.97. The molecule has 0 unspecified atom stereocenters. The van der Waals surface area contributed by atoms with E-state index in [9.17, 15) is 0 Å². The highest BCUT2D eigenvalue weighted by Gasteiger charge is 2.03. The van der Waals surface area contributed by atoms with Crippen molar-refractivity contribution < 1.29 is 14.2 Å². The van der Waals surface area contributed by atoms with Crippen LogP contribution in [0.2, 0.25) is 0 Å². The van der Waals surface area contributed by atoms with Crippen LogP contribution in [0.15, 0.2) is 48.5 Å². The first-order valence-corrected chi connectivity index (χ1v) is 7.01. The summed E-state index contributed by atoms with van der Waals surface area (Å²) in [5, 5.41) is 0. The molecule has 0 aliphatic heterocycles. The molecular formula is C17H21NO3. The quantitative estimate of drug-likeness (QED) is 0.758. The average molecular weight is 287 g/mol. The van der Waals surface area contributed by atoms with Crippen molar-refractivity contribution in [1.82, 2.24) is 0 Å². The molecule has 0 aromatic heterocycles. The first kappa shape index (κ1) is 15.2. The zero-order valence-corrected chi connectivity index (χ0v) is 12.2. The van der Waals surface area contributed by atoms with Crippen LogP contribution in [0.4, 0.5) is 0 Å². The van der Waals surface area contributed by atoms with Crippen LogP contribution in [0.3, 0.4) is 0 Å². The first-order valence-electron chi connectivity index (χ1n) is 7.01. The van der Waals surface area contributed by atoms with Gasteiger partial charge in [-0.15, -0.1) is 0 Å². The van der Waals surface area contributed by atoms with Crippen molar-refractivity contribution in [2.24, 2.45) is 5.73 Å². The van der Waals surface area contributed by atoms with Crippen LogP contribution < -0.4 is 19.9 Å². The number of hydrogen-bond acceptors (Lipinski definition) is 4. The second kappa shape index (κ2) is 8.17. The van der Waals surface area contributed by atoms with Crippen LogP contribution in [0.25, 0.3) is 0 Å².